The summed E-state index contributed by atoms with van der Waals surface area (Å²) in [4.78, 5) is 20.7. The number of rotatable bonds is 4. The quantitative estimate of drug-likeness (QED) is 0.861. The second kappa shape index (κ2) is 6.41. The van der Waals surface area contributed by atoms with Crippen molar-refractivity contribution in [1.29, 1.82) is 0 Å². The molecule has 0 spiro atoms. The lowest BCUT2D eigenvalue weighted by Gasteiger charge is -2.26. The molecule has 1 fully saturated rings. The smallest absolute Gasteiger partial charge is 0.242 e. The van der Waals surface area contributed by atoms with Crippen LogP contribution in [0.1, 0.15) is 35.8 Å². The number of thiazole rings is 1. The van der Waals surface area contributed by atoms with E-state index >= 15 is 0 Å². The number of hydrogen-bond acceptors (Lipinski definition) is 5. The van der Waals surface area contributed by atoms with Crippen molar-refractivity contribution in [2.24, 2.45) is 7.05 Å². The molecule has 1 aliphatic rings. The molecule has 2 aromatic rings. The van der Waals surface area contributed by atoms with Gasteiger partial charge < -0.3 is 0 Å². The summed E-state index contributed by atoms with van der Waals surface area (Å²) < 4.78 is 1.94. The van der Waals surface area contributed by atoms with Crippen molar-refractivity contribution in [3.8, 4) is 0 Å². The standard InChI is InChI=1S/C16H23N5OS/c1-11-15(12(2)20(4)18-11)13-6-5-8-21(13)10-14(22)19(3)16-17-7-9-23-16/h7,9,13H,5-6,8,10H2,1-4H3/t13-/m1/s1. The van der Waals surface area contributed by atoms with Crippen molar-refractivity contribution in [3.05, 3.63) is 28.5 Å². The molecule has 1 saturated heterocycles. The molecule has 2 aromatic heterocycles. The highest BCUT2D eigenvalue weighted by Gasteiger charge is 2.32. The van der Waals surface area contributed by atoms with Gasteiger partial charge in [0.05, 0.1) is 12.2 Å². The molecule has 0 aliphatic carbocycles. The van der Waals surface area contributed by atoms with E-state index in [0.29, 0.717) is 6.54 Å². The Bertz CT molecular complexity index is 694. The molecule has 7 heteroatoms. The summed E-state index contributed by atoms with van der Waals surface area (Å²) >= 11 is 1.48. The molecule has 0 saturated carbocycles. The van der Waals surface area contributed by atoms with E-state index in [-0.39, 0.29) is 11.9 Å². The Hall–Kier alpha value is -1.73. The van der Waals surface area contributed by atoms with Gasteiger partial charge in [0.1, 0.15) is 0 Å². The lowest BCUT2D eigenvalue weighted by Crippen LogP contribution is -2.38. The topological polar surface area (TPSA) is 54.3 Å². The summed E-state index contributed by atoms with van der Waals surface area (Å²) in [6.45, 7) is 5.54. The van der Waals surface area contributed by atoms with Gasteiger partial charge in [0.25, 0.3) is 0 Å². The van der Waals surface area contributed by atoms with Crippen LogP contribution in [0.25, 0.3) is 0 Å². The van der Waals surface area contributed by atoms with Crippen LogP contribution in [0.4, 0.5) is 5.13 Å². The first-order chi connectivity index (χ1) is 11.0. The van der Waals surface area contributed by atoms with Crippen LogP contribution in [0.2, 0.25) is 0 Å². The molecule has 3 rings (SSSR count). The lowest BCUT2D eigenvalue weighted by atomic mass is 10.0. The van der Waals surface area contributed by atoms with Gasteiger partial charge in [-0.25, -0.2) is 4.98 Å². The van der Waals surface area contributed by atoms with Crippen LogP contribution in [0, 0.1) is 13.8 Å². The number of aromatic nitrogens is 3. The van der Waals surface area contributed by atoms with E-state index in [4.69, 9.17) is 0 Å². The maximum atomic E-state index is 12.6. The van der Waals surface area contributed by atoms with E-state index in [1.807, 2.05) is 17.1 Å². The summed E-state index contributed by atoms with van der Waals surface area (Å²) in [5.41, 5.74) is 3.55. The van der Waals surface area contributed by atoms with Crippen molar-refractivity contribution in [1.82, 2.24) is 19.7 Å². The minimum absolute atomic E-state index is 0.0889. The number of carbonyl (C=O) groups is 1. The van der Waals surface area contributed by atoms with E-state index in [1.165, 1.54) is 22.6 Å². The number of aryl methyl sites for hydroxylation is 2. The summed E-state index contributed by atoms with van der Waals surface area (Å²) in [7, 11) is 3.78. The molecule has 3 heterocycles. The highest BCUT2D eigenvalue weighted by molar-refractivity contribution is 7.13. The van der Waals surface area contributed by atoms with E-state index in [1.54, 1.807) is 18.1 Å². The second-order valence-electron chi connectivity index (χ2n) is 6.10. The molecule has 1 amide bonds. The van der Waals surface area contributed by atoms with E-state index in [0.717, 1.165) is 30.2 Å². The summed E-state index contributed by atoms with van der Waals surface area (Å²) in [5, 5.41) is 7.17. The van der Waals surface area contributed by atoms with Crippen LogP contribution < -0.4 is 4.90 Å². The van der Waals surface area contributed by atoms with Gasteiger partial charge in [0.2, 0.25) is 5.91 Å². The Morgan fingerprint density at radius 2 is 2.26 bits per heavy atom. The molecule has 0 unspecified atom stereocenters. The number of likely N-dealkylation sites (tertiary alicyclic amines) is 1. The van der Waals surface area contributed by atoms with Crippen LogP contribution in [0.15, 0.2) is 11.6 Å². The molecular weight excluding hydrogens is 310 g/mol. The Labute approximate surface area is 140 Å². The summed E-state index contributed by atoms with van der Waals surface area (Å²) in [6, 6.07) is 0.289. The van der Waals surface area contributed by atoms with Crippen molar-refractivity contribution < 1.29 is 4.79 Å². The molecule has 6 nitrogen and oxygen atoms in total. The maximum Gasteiger partial charge on any atom is 0.242 e. The Balaban J connectivity index is 1.76. The molecule has 1 aliphatic heterocycles. The fourth-order valence-electron chi connectivity index (χ4n) is 3.38. The zero-order valence-electron chi connectivity index (χ0n) is 14.1. The molecular formula is C16H23N5OS. The molecule has 0 aromatic carbocycles. The molecule has 1 atom stereocenters. The Morgan fingerprint density at radius 1 is 1.48 bits per heavy atom. The van der Waals surface area contributed by atoms with Crippen LogP contribution in [0.3, 0.4) is 0 Å². The van der Waals surface area contributed by atoms with E-state index in [9.17, 15) is 4.79 Å². The van der Waals surface area contributed by atoms with Crippen LogP contribution >= 0.6 is 11.3 Å². The fourth-order valence-corrected chi connectivity index (χ4v) is 4.01. The first-order valence-electron chi connectivity index (χ1n) is 7.89. The highest BCUT2D eigenvalue weighted by Crippen LogP contribution is 2.35. The molecule has 23 heavy (non-hydrogen) atoms. The van der Waals surface area contributed by atoms with Gasteiger partial charge in [-0.2, -0.15) is 5.10 Å². The van der Waals surface area contributed by atoms with Crippen LogP contribution in [0.5, 0.6) is 0 Å². The summed E-state index contributed by atoms with van der Waals surface area (Å²) in [6.07, 6.45) is 3.93. The predicted molar refractivity (Wildman–Crippen MR) is 91.8 cm³/mol. The molecule has 0 bridgehead atoms. The van der Waals surface area contributed by atoms with E-state index in [2.05, 4.69) is 28.8 Å². The van der Waals surface area contributed by atoms with Gasteiger partial charge in [-0.3, -0.25) is 19.3 Å². The van der Waals surface area contributed by atoms with Gasteiger partial charge in [-0.1, -0.05) is 0 Å². The predicted octanol–water partition coefficient (Wildman–Crippen LogP) is 2.29. The zero-order valence-corrected chi connectivity index (χ0v) is 14.9. The van der Waals surface area contributed by atoms with Crippen molar-refractivity contribution in [2.45, 2.75) is 32.7 Å². The first-order valence-corrected chi connectivity index (χ1v) is 8.77. The number of amides is 1. The Morgan fingerprint density at radius 3 is 2.87 bits per heavy atom. The largest absolute Gasteiger partial charge is 0.290 e. The summed E-state index contributed by atoms with van der Waals surface area (Å²) in [5.74, 6) is 0.0889. The Kier molecular flexibility index (Phi) is 4.50. The SMILES string of the molecule is Cc1nn(C)c(C)c1[C@H]1CCCN1CC(=O)N(C)c1nccs1. The third kappa shape index (κ3) is 3.03. The van der Waals surface area contributed by atoms with Crippen LogP contribution in [-0.2, 0) is 11.8 Å². The minimum atomic E-state index is 0.0889. The van der Waals surface area contributed by atoms with Gasteiger partial charge in [-0.15, -0.1) is 11.3 Å². The van der Waals surface area contributed by atoms with Crippen molar-refractivity contribution >= 4 is 22.4 Å². The van der Waals surface area contributed by atoms with Crippen molar-refractivity contribution in [2.75, 3.05) is 25.0 Å². The third-order valence-electron chi connectivity index (χ3n) is 4.68. The van der Waals surface area contributed by atoms with Gasteiger partial charge in [0.15, 0.2) is 5.13 Å². The van der Waals surface area contributed by atoms with E-state index < -0.39 is 0 Å². The number of hydrogen-bond donors (Lipinski definition) is 0. The number of anilines is 1. The lowest BCUT2D eigenvalue weighted by molar-refractivity contribution is -0.119. The van der Waals surface area contributed by atoms with Crippen LogP contribution in [-0.4, -0.2) is 45.7 Å². The molecule has 0 N–H and O–H groups in total. The van der Waals surface area contributed by atoms with Gasteiger partial charge in [0, 0.05) is 43.0 Å². The molecule has 124 valence electrons. The first kappa shape index (κ1) is 16.1. The average Bonchev–Trinajstić information content (AvgIpc) is 3.22. The zero-order chi connectivity index (χ0) is 16.6. The maximum absolute atomic E-state index is 12.6. The highest BCUT2D eigenvalue weighted by atomic mass is 32.1. The normalized spacial score (nSPS) is 18.5. The molecule has 0 radical (unpaired) electrons. The third-order valence-corrected chi connectivity index (χ3v) is 5.53. The fraction of sp³-hybridized carbons (Fsp3) is 0.562. The average molecular weight is 333 g/mol. The monoisotopic (exact) mass is 333 g/mol. The number of carbonyl (C=O) groups excluding carboxylic acids is 1. The van der Waals surface area contributed by atoms with Gasteiger partial charge >= 0.3 is 0 Å². The number of nitrogens with zero attached hydrogens (tertiary/aromatic N) is 5. The minimum Gasteiger partial charge on any atom is -0.290 e. The second-order valence-corrected chi connectivity index (χ2v) is 6.98. The van der Waals surface area contributed by atoms with Crippen molar-refractivity contribution in [3.63, 3.8) is 0 Å². The number of likely N-dealkylation sites (N-methyl/N-ethyl adjacent to an activating group) is 1. The van der Waals surface area contributed by atoms with Gasteiger partial charge in [-0.05, 0) is 33.2 Å².